The van der Waals surface area contributed by atoms with Gasteiger partial charge in [-0.25, -0.2) is 4.57 Å². The molecule has 4 rings (SSSR count). The van der Waals surface area contributed by atoms with Crippen molar-refractivity contribution >= 4 is 10.8 Å². The molecule has 0 saturated heterocycles. The fourth-order valence-corrected chi connectivity index (χ4v) is 3.51. The summed E-state index contributed by atoms with van der Waals surface area (Å²) in [7, 11) is 2.13. The van der Waals surface area contributed by atoms with E-state index in [9.17, 15) is 0 Å². The maximum Gasteiger partial charge on any atom is 0.220 e. The summed E-state index contributed by atoms with van der Waals surface area (Å²) in [5.74, 6) is 0. The zero-order valence-electron chi connectivity index (χ0n) is 15.0. The smallest absolute Gasteiger partial charge is 0.200 e. The Kier molecular flexibility index (Phi) is 3.85. The number of aromatic nitrogens is 1. The summed E-state index contributed by atoms with van der Waals surface area (Å²) >= 11 is 0. The van der Waals surface area contributed by atoms with Gasteiger partial charge in [-0.1, -0.05) is 54.1 Å². The van der Waals surface area contributed by atoms with Gasteiger partial charge in [0, 0.05) is 11.6 Å². The maximum absolute atomic E-state index is 2.29. The minimum absolute atomic E-state index is 1.26. The van der Waals surface area contributed by atoms with Crippen molar-refractivity contribution in [3.05, 3.63) is 90.1 Å². The van der Waals surface area contributed by atoms with Crippen LogP contribution in [0.5, 0.6) is 0 Å². The number of pyridine rings is 1. The molecule has 0 atom stereocenters. The first-order chi connectivity index (χ1) is 12.1. The standard InChI is InChI=1S/C24H22N/c1-17-9-10-18(2)23(15-17)24-22-12-11-20(19-7-5-4-6-8-19)16-21(22)13-14-25(24)3/h4-16H,1-3H3/q+1. The molecule has 4 aromatic rings. The molecule has 0 N–H and O–H groups in total. The van der Waals surface area contributed by atoms with Crippen molar-refractivity contribution in [1.29, 1.82) is 0 Å². The number of benzene rings is 3. The van der Waals surface area contributed by atoms with Crippen molar-refractivity contribution in [2.75, 3.05) is 0 Å². The first-order valence-corrected chi connectivity index (χ1v) is 8.69. The minimum Gasteiger partial charge on any atom is -0.200 e. The molecule has 1 heterocycles. The number of nitrogens with zero attached hydrogens (tertiary/aromatic N) is 1. The molecule has 0 radical (unpaired) electrons. The molecule has 0 bridgehead atoms. The molecular weight excluding hydrogens is 302 g/mol. The van der Waals surface area contributed by atoms with E-state index in [4.69, 9.17) is 0 Å². The Balaban J connectivity index is 1.96. The average molecular weight is 324 g/mol. The number of rotatable bonds is 2. The molecule has 0 unspecified atom stereocenters. The van der Waals surface area contributed by atoms with Gasteiger partial charge in [0.25, 0.3) is 0 Å². The number of aryl methyl sites for hydroxylation is 3. The molecule has 0 aliphatic rings. The first-order valence-electron chi connectivity index (χ1n) is 8.69. The Morgan fingerprint density at radius 2 is 1.52 bits per heavy atom. The van der Waals surface area contributed by atoms with E-state index in [1.807, 2.05) is 0 Å². The maximum atomic E-state index is 2.29. The summed E-state index contributed by atoms with van der Waals surface area (Å²) < 4.78 is 2.23. The van der Waals surface area contributed by atoms with Gasteiger partial charge in [0.05, 0.1) is 5.39 Å². The largest absolute Gasteiger partial charge is 0.220 e. The Morgan fingerprint density at radius 1 is 0.720 bits per heavy atom. The summed E-state index contributed by atoms with van der Waals surface area (Å²) in [5, 5.41) is 2.56. The quantitative estimate of drug-likeness (QED) is 0.422. The third-order valence-corrected chi connectivity index (χ3v) is 4.89. The van der Waals surface area contributed by atoms with Crippen LogP contribution in [0.15, 0.2) is 79.0 Å². The van der Waals surface area contributed by atoms with Crippen molar-refractivity contribution in [2.45, 2.75) is 13.8 Å². The van der Waals surface area contributed by atoms with Crippen molar-refractivity contribution in [3.63, 3.8) is 0 Å². The zero-order chi connectivity index (χ0) is 17.4. The van der Waals surface area contributed by atoms with Gasteiger partial charge in [0.2, 0.25) is 5.69 Å². The monoisotopic (exact) mass is 324 g/mol. The van der Waals surface area contributed by atoms with Crippen LogP contribution in [0.2, 0.25) is 0 Å². The third kappa shape index (κ3) is 2.83. The van der Waals surface area contributed by atoms with Crippen LogP contribution in [0.3, 0.4) is 0 Å². The number of hydrogen-bond acceptors (Lipinski definition) is 0. The molecule has 0 saturated carbocycles. The lowest BCUT2D eigenvalue weighted by atomic mass is 9.96. The topological polar surface area (TPSA) is 3.88 Å². The fraction of sp³-hybridized carbons (Fsp3) is 0.125. The normalized spacial score (nSPS) is 11.0. The Labute approximate surface area is 149 Å². The van der Waals surface area contributed by atoms with Gasteiger partial charge in [-0.3, -0.25) is 0 Å². The molecule has 0 spiro atoms. The molecule has 25 heavy (non-hydrogen) atoms. The minimum atomic E-state index is 1.26. The van der Waals surface area contributed by atoms with Gasteiger partial charge in [-0.05, 0) is 54.1 Å². The lowest BCUT2D eigenvalue weighted by molar-refractivity contribution is -0.659. The van der Waals surface area contributed by atoms with E-state index in [-0.39, 0.29) is 0 Å². The van der Waals surface area contributed by atoms with E-state index in [0.717, 1.165) is 0 Å². The molecule has 122 valence electrons. The predicted octanol–water partition coefficient (Wildman–Crippen LogP) is 5.62. The second kappa shape index (κ2) is 6.18. The number of hydrogen-bond donors (Lipinski definition) is 0. The highest BCUT2D eigenvalue weighted by Crippen LogP contribution is 2.31. The van der Waals surface area contributed by atoms with Crippen LogP contribution in [0.1, 0.15) is 11.1 Å². The molecule has 0 fully saturated rings. The van der Waals surface area contributed by atoms with Gasteiger partial charge in [0.15, 0.2) is 6.20 Å². The molecule has 1 nitrogen and oxygen atoms in total. The second-order valence-electron chi connectivity index (χ2n) is 6.76. The SMILES string of the molecule is Cc1ccc(C)c(-c2c3ccc(-c4ccccc4)cc3cc[n+]2C)c1. The summed E-state index contributed by atoms with van der Waals surface area (Å²) in [5.41, 5.74) is 7.69. The lowest BCUT2D eigenvalue weighted by Gasteiger charge is -2.10. The van der Waals surface area contributed by atoms with Crippen molar-refractivity contribution in [2.24, 2.45) is 7.05 Å². The van der Waals surface area contributed by atoms with Crippen LogP contribution in [-0.4, -0.2) is 0 Å². The van der Waals surface area contributed by atoms with E-state index in [1.165, 1.54) is 44.3 Å². The number of fused-ring (bicyclic) bond motifs is 1. The zero-order valence-corrected chi connectivity index (χ0v) is 15.0. The highest BCUT2D eigenvalue weighted by molar-refractivity contribution is 5.96. The Morgan fingerprint density at radius 3 is 2.32 bits per heavy atom. The molecule has 1 aromatic heterocycles. The molecule has 1 heteroatoms. The van der Waals surface area contributed by atoms with Crippen LogP contribution in [0.4, 0.5) is 0 Å². The van der Waals surface area contributed by atoms with Gasteiger partial charge < -0.3 is 0 Å². The molecule has 0 amide bonds. The fourth-order valence-electron chi connectivity index (χ4n) is 3.51. The highest BCUT2D eigenvalue weighted by atomic mass is 14.9. The summed E-state index contributed by atoms with van der Waals surface area (Å²) in [6, 6.07) is 26.2. The predicted molar refractivity (Wildman–Crippen MR) is 105 cm³/mol. The van der Waals surface area contributed by atoms with Gasteiger partial charge in [-0.2, -0.15) is 0 Å². The molecule has 3 aromatic carbocycles. The van der Waals surface area contributed by atoms with E-state index in [0.29, 0.717) is 0 Å². The van der Waals surface area contributed by atoms with Crippen LogP contribution < -0.4 is 4.57 Å². The van der Waals surface area contributed by atoms with Gasteiger partial charge >= 0.3 is 0 Å². The van der Waals surface area contributed by atoms with Crippen LogP contribution in [0, 0.1) is 13.8 Å². The van der Waals surface area contributed by atoms with E-state index >= 15 is 0 Å². The highest BCUT2D eigenvalue weighted by Gasteiger charge is 2.17. The van der Waals surface area contributed by atoms with Crippen molar-refractivity contribution in [1.82, 2.24) is 0 Å². The molecule has 0 aliphatic heterocycles. The van der Waals surface area contributed by atoms with Crippen LogP contribution >= 0.6 is 0 Å². The van der Waals surface area contributed by atoms with Crippen molar-refractivity contribution in [3.8, 4) is 22.4 Å². The average Bonchev–Trinajstić information content (AvgIpc) is 2.64. The molecule has 0 aliphatic carbocycles. The third-order valence-electron chi connectivity index (χ3n) is 4.89. The summed E-state index contributed by atoms with van der Waals surface area (Å²) in [4.78, 5) is 0. The van der Waals surface area contributed by atoms with Crippen LogP contribution in [-0.2, 0) is 7.05 Å². The lowest BCUT2D eigenvalue weighted by Crippen LogP contribution is -2.30. The summed E-state index contributed by atoms with van der Waals surface area (Å²) in [6.07, 6.45) is 2.16. The Hall–Kier alpha value is -2.93. The van der Waals surface area contributed by atoms with E-state index in [1.54, 1.807) is 0 Å². The molecular formula is C24H22N+. The van der Waals surface area contributed by atoms with Gasteiger partial charge in [0.1, 0.15) is 7.05 Å². The van der Waals surface area contributed by atoms with Crippen molar-refractivity contribution < 1.29 is 4.57 Å². The first kappa shape index (κ1) is 15.6. The van der Waals surface area contributed by atoms with Crippen LogP contribution in [0.25, 0.3) is 33.2 Å². The Bertz CT molecular complexity index is 1060. The van der Waals surface area contributed by atoms with E-state index < -0.39 is 0 Å². The van der Waals surface area contributed by atoms with Gasteiger partial charge in [-0.15, -0.1) is 0 Å². The summed E-state index contributed by atoms with van der Waals surface area (Å²) in [6.45, 7) is 4.34. The second-order valence-corrected chi connectivity index (χ2v) is 6.76. The van der Waals surface area contributed by atoms with E-state index in [2.05, 4.69) is 104 Å².